The summed E-state index contributed by atoms with van der Waals surface area (Å²) in [5.41, 5.74) is 6.29. The molecule has 0 aromatic carbocycles. The molecule has 4 heteroatoms. The first kappa shape index (κ1) is 13.9. The zero-order valence-electron chi connectivity index (χ0n) is 11.9. The molecule has 18 heavy (non-hydrogen) atoms. The predicted octanol–water partition coefficient (Wildman–Crippen LogP) is 3.88. The minimum atomic E-state index is 0.0159. The number of nitrogens with zero attached hydrogens (tertiary/aromatic N) is 2. The minimum Gasteiger partial charge on any atom is -0.322 e. The van der Waals surface area contributed by atoms with Crippen LogP contribution in [0.25, 0.3) is 0 Å². The third-order valence-electron chi connectivity index (χ3n) is 4.15. The van der Waals surface area contributed by atoms with Crippen LogP contribution >= 0.6 is 11.3 Å². The van der Waals surface area contributed by atoms with Gasteiger partial charge in [0.15, 0.2) is 0 Å². The lowest BCUT2D eigenvalue weighted by Crippen LogP contribution is -2.25. The summed E-state index contributed by atoms with van der Waals surface area (Å²) in [6.45, 7) is 9.05. The molecule has 0 bridgehead atoms. The van der Waals surface area contributed by atoms with Crippen LogP contribution in [0.1, 0.15) is 75.4 Å². The molecular formula is C14H25N3S. The van der Waals surface area contributed by atoms with Crippen molar-refractivity contribution in [3.8, 4) is 0 Å². The zero-order valence-corrected chi connectivity index (χ0v) is 12.8. The monoisotopic (exact) mass is 267 g/mol. The third-order valence-corrected chi connectivity index (χ3v) is 5.43. The smallest absolute Gasteiger partial charge is 0.133 e. The highest BCUT2D eigenvalue weighted by Gasteiger charge is 2.31. The van der Waals surface area contributed by atoms with E-state index < -0.39 is 0 Å². The van der Waals surface area contributed by atoms with Gasteiger partial charge >= 0.3 is 0 Å². The van der Waals surface area contributed by atoms with Crippen LogP contribution < -0.4 is 5.73 Å². The summed E-state index contributed by atoms with van der Waals surface area (Å²) in [5, 5.41) is 10.7. The summed E-state index contributed by atoms with van der Waals surface area (Å²) in [6, 6.07) is 0.0159. The average molecular weight is 267 g/mol. The van der Waals surface area contributed by atoms with E-state index in [1.54, 1.807) is 11.3 Å². The van der Waals surface area contributed by atoms with Gasteiger partial charge in [-0.3, -0.25) is 0 Å². The summed E-state index contributed by atoms with van der Waals surface area (Å²) in [6.07, 6.45) is 5.16. The largest absolute Gasteiger partial charge is 0.322 e. The van der Waals surface area contributed by atoms with Gasteiger partial charge in [-0.05, 0) is 43.9 Å². The number of rotatable bonds is 2. The van der Waals surface area contributed by atoms with Crippen LogP contribution in [0.15, 0.2) is 0 Å². The van der Waals surface area contributed by atoms with E-state index in [1.807, 2.05) is 6.92 Å². The number of nitrogens with two attached hydrogens (primary N) is 1. The highest BCUT2D eigenvalue weighted by atomic mass is 32.1. The molecule has 0 radical (unpaired) electrons. The van der Waals surface area contributed by atoms with E-state index >= 15 is 0 Å². The molecule has 1 aromatic rings. The Labute approximate surface area is 114 Å². The first-order chi connectivity index (χ1) is 8.38. The van der Waals surface area contributed by atoms with Gasteiger partial charge in [0.1, 0.15) is 10.0 Å². The van der Waals surface area contributed by atoms with E-state index in [-0.39, 0.29) is 6.04 Å². The van der Waals surface area contributed by atoms with Crippen molar-refractivity contribution in [2.75, 3.05) is 0 Å². The van der Waals surface area contributed by atoms with Gasteiger partial charge in [-0.2, -0.15) is 0 Å². The second-order valence-electron chi connectivity index (χ2n) is 6.68. The van der Waals surface area contributed by atoms with E-state index in [0.717, 1.165) is 10.9 Å². The van der Waals surface area contributed by atoms with E-state index in [9.17, 15) is 0 Å². The zero-order chi connectivity index (χ0) is 13.3. The Balaban J connectivity index is 1.97. The maximum Gasteiger partial charge on any atom is 0.133 e. The molecule has 1 aromatic heterocycles. The van der Waals surface area contributed by atoms with Crippen LogP contribution in [0.3, 0.4) is 0 Å². The topological polar surface area (TPSA) is 51.8 Å². The van der Waals surface area contributed by atoms with Crippen molar-refractivity contribution in [1.29, 1.82) is 0 Å². The molecule has 1 aliphatic carbocycles. The van der Waals surface area contributed by atoms with E-state index in [2.05, 4.69) is 31.0 Å². The molecule has 1 atom stereocenters. The number of aromatic nitrogens is 2. The molecule has 3 nitrogen and oxygen atoms in total. The normalized spacial score (nSPS) is 27.2. The first-order valence-corrected chi connectivity index (χ1v) is 7.78. The lowest BCUT2D eigenvalue weighted by Gasteiger charge is -2.36. The van der Waals surface area contributed by atoms with Crippen molar-refractivity contribution in [2.45, 2.75) is 65.3 Å². The first-order valence-electron chi connectivity index (χ1n) is 6.97. The van der Waals surface area contributed by atoms with Gasteiger partial charge in [-0.25, -0.2) is 0 Å². The summed E-state index contributed by atoms with van der Waals surface area (Å²) >= 11 is 1.71. The summed E-state index contributed by atoms with van der Waals surface area (Å²) < 4.78 is 0. The molecule has 1 heterocycles. The van der Waals surface area contributed by atoms with Crippen molar-refractivity contribution in [1.82, 2.24) is 10.2 Å². The summed E-state index contributed by atoms with van der Waals surface area (Å²) in [4.78, 5) is 0. The van der Waals surface area contributed by atoms with Crippen molar-refractivity contribution in [2.24, 2.45) is 17.1 Å². The Hall–Kier alpha value is -0.480. The van der Waals surface area contributed by atoms with Crippen molar-refractivity contribution >= 4 is 11.3 Å². The Morgan fingerprint density at radius 3 is 2.22 bits per heavy atom. The van der Waals surface area contributed by atoms with Crippen LogP contribution in [0.4, 0.5) is 0 Å². The molecule has 2 rings (SSSR count). The fraction of sp³-hybridized carbons (Fsp3) is 0.857. The van der Waals surface area contributed by atoms with Crippen LogP contribution in [-0.4, -0.2) is 10.2 Å². The quantitative estimate of drug-likeness (QED) is 0.884. The van der Waals surface area contributed by atoms with Gasteiger partial charge in [-0.15, -0.1) is 10.2 Å². The third kappa shape index (κ3) is 3.09. The molecule has 1 unspecified atom stereocenters. The Bertz CT molecular complexity index is 384. The Morgan fingerprint density at radius 1 is 1.17 bits per heavy atom. The second-order valence-corrected chi connectivity index (χ2v) is 7.72. The standard InChI is InChI=1S/C14H25N3S/c1-9(15)12-16-17-13(18-12)10-5-7-11(8-6-10)14(2,3)4/h9-11H,5-8,15H2,1-4H3. The van der Waals surface area contributed by atoms with Crippen LogP contribution in [0.2, 0.25) is 0 Å². The molecule has 0 saturated heterocycles. The maximum absolute atomic E-state index is 5.84. The van der Waals surface area contributed by atoms with Gasteiger partial charge in [0.05, 0.1) is 6.04 Å². The molecule has 102 valence electrons. The molecule has 2 N–H and O–H groups in total. The Kier molecular flexibility index (Phi) is 4.07. The van der Waals surface area contributed by atoms with Crippen LogP contribution in [0, 0.1) is 11.3 Å². The molecule has 0 amide bonds. The van der Waals surface area contributed by atoms with Gasteiger partial charge in [0.2, 0.25) is 0 Å². The SMILES string of the molecule is CC(N)c1nnc(C2CCC(C(C)(C)C)CC2)s1. The van der Waals surface area contributed by atoms with E-state index in [4.69, 9.17) is 5.73 Å². The van der Waals surface area contributed by atoms with Gasteiger partial charge in [0.25, 0.3) is 0 Å². The molecule has 1 saturated carbocycles. The lowest BCUT2D eigenvalue weighted by atomic mass is 9.70. The fourth-order valence-electron chi connectivity index (χ4n) is 2.80. The molecule has 0 aliphatic heterocycles. The van der Waals surface area contributed by atoms with Gasteiger partial charge in [0, 0.05) is 5.92 Å². The summed E-state index contributed by atoms with van der Waals surface area (Å²) in [7, 11) is 0. The second kappa shape index (κ2) is 5.25. The molecule has 1 aliphatic rings. The van der Waals surface area contributed by atoms with Gasteiger partial charge in [-0.1, -0.05) is 32.1 Å². The van der Waals surface area contributed by atoms with Crippen molar-refractivity contribution in [3.63, 3.8) is 0 Å². The van der Waals surface area contributed by atoms with Crippen LogP contribution in [0.5, 0.6) is 0 Å². The molecule has 0 spiro atoms. The Morgan fingerprint density at radius 2 is 1.78 bits per heavy atom. The number of hydrogen-bond acceptors (Lipinski definition) is 4. The van der Waals surface area contributed by atoms with E-state index in [0.29, 0.717) is 11.3 Å². The predicted molar refractivity (Wildman–Crippen MR) is 76.7 cm³/mol. The highest BCUT2D eigenvalue weighted by molar-refractivity contribution is 7.11. The fourth-order valence-corrected chi connectivity index (χ4v) is 3.77. The molecule has 1 fully saturated rings. The van der Waals surface area contributed by atoms with E-state index in [1.165, 1.54) is 30.7 Å². The molecular weight excluding hydrogens is 242 g/mol. The lowest BCUT2D eigenvalue weighted by molar-refractivity contribution is 0.169. The highest BCUT2D eigenvalue weighted by Crippen LogP contribution is 2.43. The van der Waals surface area contributed by atoms with Crippen molar-refractivity contribution in [3.05, 3.63) is 10.0 Å². The average Bonchev–Trinajstić information content (AvgIpc) is 2.77. The van der Waals surface area contributed by atoms with Crippen LogP contribution in [-0.2, 0) is 0 Å². The number of hydrogen-bond donors (Lipinski definition) is 1. The maximum atomic E-state index is 5.84. The summed E-state index contributed by atoms with van der Waals surface area (Å²) in [5.74, 6) is 1.48. The van der Waals surface area contributed by atoms with Gasteiger partial charge < -0.3 is 5.73 Å². The minimum absolute atomic E-state index is 0.0159. The van der Waals surface area contributed by atoms with Crippen molar-refractivity contribution < 1.29 is 0 Å².